The minimum absolute atomic E-state index is 0.00472. The van der Waals surface area contributed by atoms with Crippen molar-refractivity contribution in [3.8, 4) is 17.6 Å². The van der Waals surface area contributed by atoms with Crippen LogP contribution in [0.3, 0.4) is 0 Å². The van der Waals surface area contributed by atoms with E-state index in [9.17, 15) is 30.0 Å². The summed E-state index contributed by atoms with van der Waals surface area (Å²) < 4.78 is 29.9. The number of allylic oxidation sites excluding steroid dienone is 4. The molecule has 17 heteroatoms. The summed E-state index contributed by atoms with van der Waals surface area (Å²) in [6, 6.07) is 0. The van der Waals surface area contributed by atoms with Gasteiger partial charge in [-0.25, -0.2) is 15.0 Å². The van der Waals surface area contributed by atoms with E-state index >= 15 is 0 Å². The second kappa shape index (κ2) is 37.4. The Balaban J connectivity index is 0.000000143. The molecule has 12 fully saturated rings. The number of rotatable bonds is 20. The van der Waals surface area contributed by atoms with Crippen LogP contribution in [0.1, 0.15) is 295 Å². The Hall–Kier alpha value is -5.62. The van der Waals surface area contributed by atoms with Crippen LogP contribution >= 0.6 is 0 Å². The van der Waals surface area contributed by atoms with Crippen molar-refractivity contribution in [2.24, 2.45) is 132 Å². The molecular formula is C99H152N6O11. The van der Waals surface area contributed by atoms with Crippen LogP contribution in [0.2, 0.25) is 0 Å². The fourth-order valence-corrected chi connectivity index (χ4v) is 27.8. The second-order valence-electron chi connectivity index (χ2n) is 41.8. The lowest BCUT2D eigenvalue weighted by Crippen LogP contribution is -2.53. The predicted molar refractivity (Wildman–Crippen MR) is 457 cm³/mol. The van der Waals surface area contributed by atoms with Crippen LogP contribution in [0.15, 0.2) is 104 Å². The summed E-state index contributed by atoms with van der Waals surface area (Å²) in [7, 11) is 0. The number of aromatic nitrogens is 6. The Morgan fingerprint density at radius 1 is 0.379 bits per heavy atom. The molecule has 0 aromatic carbocycles. The summed E-state index contributed by atoms with van der Waals surface area (Å²) >= 11 is 0. The van der Waals surface area contributed by atoms with E-state index in [1.165, 1.54) is 86.5 Å². The zero-order valence-corrected chi connectivity index (χ0v) is 73.9. The van der Waals surface area contributed by atoms with Crippen LogP contribution < -0.4 is 14.2 Å². The van der Waals surface area contributed by atoms with Gasteiger partial charge in [0.25, 0.3) is 0 Å². The minimum Gasteiger partial charge on any atom is -0.477 e. The van der Waals surface area contributed by atoms with Crippen LogP contribution in [-0.4, -0.2) is 119 Å². The molecule has 0 spiro atoms. The molecule has 15 rings (SSSR count). The zero-order valence-electron chi connectivity index (χ0n) is 73.9. The van der Waals surface area contributed by atoms with Gasteiger partial charge in [-0.3, -0.25) is 24.5 Å². The van der Waals surface area contributed by atoms with Crippen LogP contribution in [0, 0.1) is 132 Å². The molecule has 0 unspecified atom stereocenters. The summed E-state index contributed by atoms with van der Waals surface area (Å²) in [5.74, 6) is 8.61. The summed E-state index contributed by atoms with van der Waals surface area (Å²) in [6.07, 6.45) is 49.2. The number of fused-ring (bicyclic) bond motifs is 4. The first-order valence-corrected chi connectivity index (χ1v) is 46.0. The van der Waals surface area contributed by atoms with E-state index in [-0.39, 0.29) is 98.3 Å². The molecule has 0 bridgehead atoms. The van der Waals surface area contributed by atoms with Gasteiger partial charge in [-0.15, -0.1) is 0 Å². The Kier molecular flexibility index (Phi) is 28.9. The van der Waals surface area contributed by atoms with E-state index in [1.807, 2.05) is 0 Å². The zero-order chi connectivity index (χ0) is 83.3. The SMILES string of the molecule is C=C1CC[C@H]2[C@H](O)[C@@H]([C@@]3(C)CC[C@H](C)C[C@@H]3CCOc3cnccn3)CC[C@]12C.C=C1CC[C@H]2[C@H](O)[C@@H]([C@@]3(C)CC[C@H](O)C[C@@H]3CCOc3cnccn3)CC[C@]12C.C=C1CC[C@H]2[C@H](OC(C)=O)[C@@H]([C@@]3(C)CC[C@H](C)C[C@@H]3CCO)CC[C@]12C.C=C1CC[C@H]2[C@H](OC(C)=O)[C@@H]([C@@]3(C)CC[C@H](C)C[C@@H]3CCOc3cnccn3)CC[C@]12C. The molecule has 0 aliphatic heterocycles. The molecule has 0 amide bonds. The van der Waals surface area contributed by atoms with Gasteiger partial charge < -0.3 is 44.1 Å². The lowest BCUT2D eigenvalue weighted by Gasteiger charge is -2.56. The third-order valence-electron chi connectivity index (χ3n) is 35.8. The second-order valence-corrected chi connectivity index (χ2v) is 41.8. The molecule has 17 nitrogen and oxygen atoms in total. The summed E-state index contributed by atoms with van der Waals surface area (Å²) in [5.41, 5.74) is 6.41. The molecule has 0 saturated heterocycles. The van der Waals surface area contributed by atoms with E-state index in [0.717, 1.165) is 159 Å². The molecule has 3 heterocycles. The molecule has 12 aliphatic rings. The molecule has 116 heavy (non-hydrogen) atoms. The lowest BCUT2D eigenvalue weighted by atomic mass is 9.51. The summed E-state index contributed by atoms with van der Waals surface area (Å²) in [5, 5.41) is 43.1. The number of esters is 2. The predicted octanol–water partition coefficient (Wildman–Crippen LogP) is 20.7. The number of nitrogens with zero attached hydrogens (tertiary/aromatic N) is 6. The van der Waals surface area contributed by atoms with Gasteiger partial charge in [0.05, 0.1) is 56.7 Å². The average molecular weight is 1600 g/mol. The third kappa shape index (κ3) is 18.6. The van der Waals surface area contributed by atoms with Gasteiger partial charge in [0.2, 0.25) is 17.6 Å². The largest absolute Gasteiger partial charge is 0.477 e. The number of carbonyl (C=O) groups excluding carboxylic acids is 2. The molecule has 12 saturated carbocycles. The van der Waals surface area contributed by atoms with Gasteiger partial charge >= 0.3 is 11.9 Å². The van der Waals surface area contributed by atoms with Gasteiger partial charge in [0, 0.05) is 81.3 Å². The summed E-state index contributed by atoms with van der Waals surface area (Å²) in [4.78, 5) is 49.1. The fraction of sp³-hybridized carbons (Fsp3) is 0.778. The van der Waals surface area contributed by atoms with Crippen LogP contribution in [0.5, 0.6) is 17.6 Å². The third-order valence-corrected chi connectivity index (χ3v) is 35.8. The molecule has 28 atom stereocenters. The maximum absolute atomic E-state index is 12.2. The molecular weight excluding hydrogens is 1450 g/mol. The van der Waals surface area contributed by atoms with E-state index < -0.39 is 0 Å². The Morgan fingerprint density at radius 3 is 0.991 bits per heavy atom. The van der Waals surface area contributed by atoms with Crippen molar-refractivity contribution in [2.75, 3.05) is 26.4 Å². The van der Waals surface area contributed by atoms with Gasteiger partial charge in [-0.1, -0.05) is 144 Å². The Morgan fingerprint density at radius 2 is 0.672 bits per heavy atom. The highest BCUT2D eigenvalue weighted by Gasteiger charge is 2.62. The molecule has 3 aromatic heterocycles. The van der Waals surface area contributed by atoms with Crippen molar-refractivity contribution >= 4 is 11.9 Å². The molecule has 3 aromatic rings. The van der Waals surface area contributed by atoms with Crippen LogP contribution in [0.4, 0.5) is 0 Å². The number of hydrogen-bond donors (Lipinski definition) is 4. The standard InChI is InChI=1S/C27H40N2O3.C25H38N2O2.C24H36N2O3.C23H38O3/c1-18-8-11-27(5,21(16-18)10-15-31-24-17-28-13-14-29-24)23-9-12-26(4)19(2)6-7-22(26)25(23)32-20(3)30;1-17-7-10-25(4,19(15-17)9-14-29-22-16-26-12-13-27-22)21-8-11-24(3)18(2)5-6-20(24)23(21)28;1-16-4-5-19-22(28)20(7-10-23(16,19)2)24(3)9-6-18(27)14-17(24)8-13-29-21-15-25-11-12-26-21;1-15-8-11-23(5,18(14-15)10-13-24)20-9-12-22(4)16(2)6-7-19(22)21(20)26-17(3)25/h13-14,17-18,21-23,25H,2,6-12,15-16H2,1,3-5H3;12-13,16-17,19-21,23,28H,2,5-11,14-15H2,1,3-4H3;11-12,15,17-20,22,27-28H,1,4-10,13-14H2,2-3H3;15,18-21,24H,2,6-14H2,1,3-5H3/t18-,21-,22-,23-,25-,26+,27-;17-,19-,20-,21-,23-,24+,25-;17-,18-,19-,20-,22-,23+,24-;15-,18-,19-,20-,21-,22+,23-/m0000/s1. The number of aliphatic hydroxyl groups is 4. The first kappa shape index (κ1) is 89.6. The number of aliphatic hydroxyl groups excluding tert-OH is 4. The number of carbonyl (C=O) groups is 2. The highest BCUT2D eigenvalue weighted by molar-refractivity contribution is 5.66. The summed E-state index contributed by atoms with van der Waals surface area (Å²) in [6.45, 7) is 48.9. The van der Waals surface area contributed by atoms with Crippen LogP contribution in [-0.2, 0) is 19.1 Å². The fourth-order valence-electron chi connectivity index (χ4n) is 27.8. The first-order chi connectivity index (χ1) is 55.1. The molecule has 644 valence electrons. The van der Waals surface area contributed by atoms with E-state index in [2.05, 4.69) is 132 Å². The van der Waals surface area contributed by atoms with E-state index in [1.54, 1.807) is 69.6 Å². The number of ether oxygens (including phenoxy) is 5. The monoisotopic (exact) mass is 1600 g/mol. The first-order valence-electron chi connectivity index (χ1n) is 46.0. The van der Waals surface area contributed by atoms with Crippen molar-refractivity contribution in [3.05, 3.63) is 104 Å². The minimum atomic E-state index is -0.281. The van der Waals surface area contributed by atoms with Crippen molar-refractivity contribution < 1.29 is 53.7 Å². The van der Waals surface area contributed by atoms with Gasteiger partial charge in [-0.2, -0.15) is 0 Å². The van der Waals surface area contributed by atoms with Crippen molar-refractivity contribution in [1.82, 2.24) is 29.9 Å². The van der Waals surface area contributed by atoms with Crippen molar-refractivity contribution in [1.29, 1.82) is 0 Å². The lowest BCUT2D eigenvalue weighted by molar-refractivity contribution is -0.173. The number of hydrogen-bond acceptors (Lipinski definition) is 17. The Bertz CT molecular complexity index is 3670. The topological polar surface area (TPSA) is 239 Å². The quantitative estimate of drug-likeness (QED) is 0.0607. The van der Waals surface area contributed by atoms with Crippen molar-refractivity contribution in [2.45, 2.75) is 326 Å². The van der Waals surface area contributed by atoms with Crippen molar-refractivity contribution in [3.63, 3.8) is 0 Å². The molecule has 4 N–H and O–H groups in total. The highest BCUT2D eigenvalue weighted by atomic mass is 16.5. The van der Waals surface area contributed by atoms with Gasteiger partial charge in [-0.05, 0) is 295 Å². The van der Waals surface area contributed by atoms with Gasteiger partial charge in [0.1, 0.15) is 12.2 Å². The molecule has 12 aliphatic carbocycles. The Labute approximate surface area is 698 Å². The maximum Gasteiger partial charge on any atom is 0.302 e. The maximum atomic E-state index is 12.2. The molecule has 0 radical (unpaired) electrons. The van der Waals surface area contributed by atoms with Crippen LogP contribution in [0.25, 0.3) is 0 Å². The highest BCUT2D eigenvalue weighted by Crippen LogP contribution is 2.68. The normalized spacial score (nSPS) is 42.4. The average Bonchev–Trinajstić information content (AvgIpc) is 1.46. The smallest absolute Gasteiger partial charge is 0.302 e. The van der Waals surface area contributed by atoms with Gasteiger partial charge in [0.15, 0.2) is 0 Å². The van der Waals surface area contributed by atoms with E-state index in [4.69, 9.17) is 23.7 Å². The van der Waals surface area contributed by atoms with E-state index in [0.29, 0.717) is 103 Å².